The van der Waals surface area contributed by atoms with E-state index in [9.17, 15) is 30.4 Å². The van der Waals surface area contributed by atoms with Gasteiger partial charge in [-0.15, -0.1) is 0 Å². The molecule has 0 aliphatic rings. The normalized spacial score (nSPS) is 11.5. The third-order valence-corrected chi connectivity index (χ3v) is 5.38. The van der Waals surface area contributed by atoms with Crippen LogP contribution in [0.2, 0.25) is 0 Å². The van der Waals surface area contributed by atoms with Crippen LogP contribution in [0, 0.1) is 36.0 Å². The largest absolute Gasteiger partial charge is 0.276 e. The van der Waals surface area contributed by atoms with Crippen LogP contribution < -0.4 is 4.72 Å². The summed E-state index contributed by atoms with van der Waals surface area (Å²) in [4.78, 5) is -0.319. The summed E-state index contributed by atoms with van der Waals surface area (Å²) in [7, 11) is -4.47. The molecule has 3 nitrogen and oxygen atoms in total. The minimum absolute atomic E-state index is 0.165. The Morgan fingerprint density at radius 3 is 2.00 bits per heavy atom. The van der Waals surface area contributed by atoms with Crippen LogP contribution in [-0.4, -0.2) is 8.42 Å². The van der Waals surface area contributed by atoms with Gasteiger partial charge in [0.05, 0.1) is 10.6 Å². The molecule has 3 aromatic carbocycles. The van der Waals surface area contributed by atoms with Crippen LogP contribution in [0.1, 0.15) is 5.56 Å². The predicted molar refractivity (Wildman–Crippen MR) is 93.7 cm³/mol. The molecule has 9 heteroatoms. The zero-order valence-corrected chi connectivity index (χ0v) is 15.0. The van der Waals surface area contributed by atoms with Crippen molar-refractivity contribution in [3.63, 3.8) is 0 Å². The lowest BCUT2D eigenvalue weighted by molar-refractivity contribution is 0.413. The first-order valence-corrected chi connectivity index (χ1v) is 9.32. The molecule has 0 atom stereocenters. The molecule has 0 amide bonds. The van der Waals surface area contributed by atoms with Crippen molar-refractivity contribution in [1.29, 1.82) is 0 Å². The topological polar surface area (TPSA) is 46.2 Å². The van der Waals surface area contributed by atoms with Gasteiger partial charge in [0, 0.05) is 5.56 Å². The number of aryl methyl sites for hydroxylation is 1. The van der Waals surface area contributed by atoms with Crippen LogP contribution in [0.15, 0.2) is 53.4 Å². The Morgan fingerprint density at radius 2 is 1.39 bits per heavy atom. The quantitative estimate of drug-likeness (QED) is 0.365. The fraction of sp³-hybridized carbons (Fsp3) is 0.0526. The highest BCUT2D eigenvalue weighted by Crippen LogP contribution is 2.38. The summed E-state index contributed by atoms with van der Waals surface area (Å²) in [5.41, 5.74) is -2.32. The molecule has 0 spiro atoms. The number of halogens is 5. The first-order chi connectivity index (χ1) is 13.1. The highest BCUT2D eigenvalue weighted by molar-refractivity contribution is 7.92. The lowest BCUT2D eigenvalue weighted by Crippen LogP contribution is -2.17. The molecule has 3 aromatic rings. The number of benzene rings is 3. The SMILES string of the molecule is Cc1ccc(-c2c(F)c(F)c(F)c(F)c2NS(=O)(=O)c2ccccc2)cc1F. The maximum atomic E-state index is 14.5. The van der Waals surface area contributed by atoms with Gasteiger partial charge in [-0.2, -0.15) is 0 Å². The smallest absolute Gasteiger partial charge is 0.262 e. The maximum Gasteiger partial charge on any atom is 0.262 e. The second-order valence-corrected chi connectivity index (χ2v) is 7.57. The molecule has 0 unspecified atom stereocenters. The summed E-state index contributed by atoms with van der Waals surface area (Å²) in [6.07, 6.45) is 0. The number of rotatable bonds is 4. The molecule has 3 rings (SSSR count). The zero-order valence-electron chi connectivity index (χ0n) is 14.2. The Balaban J connectivity index is 2.27. The van der Waals surface area contributed by atoms with E-state index < -0.39 is 50.4 Å². The van der Waals surface area contributed by atoms with Crippen LogP contribution in [0.4, 0.5) is 27.6 Å². The monoisotopic (exact) mass is 413 g/mol. The lowest BCUT2D eigenvalue weighted by atomic mass is 10.0. The second-order valence-electron chi connectivity index (χ2n) is 5.89. The number of hydrogen-bond acceptors (Lipinski definition) is 2. The van der Waals surface area contributed by atoms with Crippen molar-refractivity contribution in [3.05, 3.63) is 83.2 Å². The van der Waals surface area contributed by atoms with Crippen LogP contribution in [-0.2, 0) is 10.0 Å². The Hall–Kier alpha value is -2.94. The molecule has 1 N–H and O–H groups in total. The Bertz CT molecular complexity index is 1160. The summed E-state index contributed by atoms with van der Waals surface area (Å²) in [6, 6.07) is 9.73. The van der Waals surface area contributed by atoms with Crippen LogP contribution >= 0.6 is 0 Å². The number of nitrogens with one attached hydrogen (secondary N) is 1. The predicted octanol–water partition coefficient (Wildman–Crippen LogP) is 5.16. The molecule has 0 heterocycles. The summed E-state index contributed by atoms with van der Waals surface area (Å²) in [5.74, 6) is -8.96. The molecule has 0 saturated heterocycles. The third-order valence-electron chi connectivity index (χ3n) is 4.02. The van der Waals surface area contributed by atoms with Gasteiger partial charge in [-0.1, -0.05) is 30.3 Å². The number of anilines is 1. The van der Waals surface area contributed by atoms with Crippen molar-refractivity contribution >= 4 is 15.7 Å². The number of sulfonamides is 1. The first-order valence-electron chi connectivity index (χ1n) is 7.84. The summed E-state index contributed by atoms with van der Waals surface area (Å²) >= 11 is 0. The fourth-order valence-corrected chi connectivity index (χ4v) is 3.63. The van der Waals surface area contributed by atoms with Gasteiger partial charge in [-0.25, -0.2) is 30.4 Å². The molecule has 0 fully saturated rings. The van der Waals surface area contributed by atoms with E-state index in [4.69, 9.17) is 0 Å². The molecular weight excluding hydrogens is 401 g/mol. The molecular formula is C19H12F5NO2S. The maximum absolute atomic E-state index is 14.5. The minimum atomic E-state index is -4.47. The Labute approximate surface area is 157 Å². The summed E-state index contributed by atoms with van der Waals surface area (Å²) in [6.45, 7) is 1.40. The van der Waals surface area contributed by atoms with Gasteiger partial charge in [-0.05, 0) is 36.2 Å². The standard InChI is InChI=1S/C19H12F5NO2S/c1-10-7-8-11(9-13(10)20)14-15(21)16(22)17(23)18(24)19(14)25-28(26,27)12-5-3-2-4-6-12/h2-9,25H,1H3. The highest BCUT2D eigenvalue weighted by atomic mass is 32.2. The van der Waals surface area contributed by atoms with Gasteiger partial charge in [-0.3, -0.25) is 4.72 Å². The highest BCUT2D eigenvalue weighted by Gasteiger charge is 2.29. The van der Waals surface area contributed by atoms with E-state index in [0.717, 1.165) is 12.1 Å². The third kappa shape index (κ3) is 3.45. The molecule has 0 aromatic heterocycles. The first kappa shape index (κ1) is 19.8. The van der Waals surface area contributed by atoms with Gasteiger partial charge >= 0.3 is 0 Å². The van der Waals surface area contributed by atoms with Crippen LogP contribution in [0.3, 0.4) is 0 Å². The van der Waals surface area contributed by atoms with Gasteiger partial charge in [0.15, 0.2) is 23.3 Å². The van der Waals surface area contributed by atoms with Gasteiger partial charge < -0.3 is 0 Å². The zero-order chi connectivity index (χ0) is 20.6. The van der Waals surface area contributed by atoms with Crippen molar-refractivity contribution in [3.8, 4) is 11.1 Å². The summed E-state index contributed by atoms with van der Waals surface area (Å²) < 4.78 is 97.0. The average molecular weight is 413 g/mol. The molecule has 0 bridgehead atoms. The van der Waals surface area contributed by atoms with Crippen molar-refractivity contribution < 1.29 is 30.4 Å². The molecule has 0 aliphatic heterocycles. The van der Waals surface area contributed by atoms with E-state index in [1.807, 2.05) is 0 Å². The van der Waals surface area contributed by atoms with Crippen molar-refractivity contribution in [2.75, 3.05) is 4.72 Å². The van der Waals surface area contributed by atoms with E-state index in [0.29, 0.717) is 0 Å². The minimum Gasteiger partial charge on any atom is -0.276 e. The molecule has 0 saturated carbocycles. The molecule has 0 radical (unpaired) electrons. The van der Waals surface area contributed by atoms with E-state index in [2.05, 4.69) is 0 Å². The van der Waals surface area contributed by atoms with Crippen LogP contribution in [0.5, 0.6) is 0 Å². The second kappa shape index (κ2) is 7.23. The number of hydrogen-bond donors (Lipinski definition) is 1. The van der Waals surface area contributed by atoms with Crippen molar-refractivity contribution in [1.82, 2.24) is 0 Å². The van der Waals surface area contributed by atoms with Crippen molar-refractivity contribution in [2.45, 2.75) is 11.8 Å². The van der Waals surface area contributed by atoms with E-state index in [-0.39, 0.29) is 16.0 Å². The van der Waals surface area contributed by atoms with Crippen molar-refractivity contribution in [2.24, 2.45) is 0 Å². The van der Waals surface area contributed by atoms with Gasteiger partial charge in [0.25, 0.3) is 10.0 Å². The Morgan fingerprint density at radius 1 is 0.786 bits per heavy atom. The van der Waals surface area contributed by atoms with E-state index in [1.54, 1.807) is 4.72 Å². The fourth-order valence-electron chi connectivity index (χ4n) is 2.54. The van der Waals surface area contributed by atoms with Crippen LogP contribution in [0.25, 0.3) is 11.1 Å². The van der Waals surface area contributed by atoms with Gasteiger partial charge in [0.1, 0.15) is 5.82 Å². The Kier molecular flexibility index (Phi) is 5.12. The average Bonchev–Trinajstić information content (AvgIpc) is 2.67. The molecule has 28 heavy (non-hydrogen) atoms. The molecule has 0 aliphatic carbocycles. The summed E-state index contributed by atoms with van der Waals surface area (Å²) in [5, 5.41) is 0. The van der Waals surface area contributed by atoms with E-state index >= 15 is 0 Å². The molecule has 146 valence electrons. The lowest BCUT2D eigenvalue weighted by Gasteiger charge is -2.16. The van der Waals surface area contributed by atoms with E-state index in [1.165, 1.54) is 43.3 Å². The van der Waals surface area contributed by atoms with Gasteiger partial charge in [0.2, 0.25) is 0 Å².